The van der Waals surface area contributed by atoms with Gasteiger partial charge < -0.3 is 9.64 Å². The maximum Gasteiger partial charge on any atom is 0.328 e. The molecule has 18 heavy (non-hydrogen) atoms. The first-order valence-electron chi connectivity index (χ1n) is 7.06. The van der Waals surface area contributed by atoms with Crippen LogP contribution in [0.4, 0.5) is 0 Å². The Hall–Kier alpha value is -1.06. The molecule has 2 fully saturated rings. The number of hydrogen-bond acceptors (Lipinski definition) is 3. The van der Waals surface area contributed by atoms with E-state index >= 15 is 0 Å². The van der Waals surface area contributed by atoms with E-state index in [1.54, 1.807) is 0 Å². The van der Waals surface area contributed by atoms with Crippen LogP contribution in [0, 0.1) is 5.92 Å². The largest absolute Gasteiger partial charge is 0.467 e. The maximum atomic E-state index is 12.0. The van der Waals surface area contributed by atoms with Crippen LogP contribution in [0.1, 0.15) is 51.9 Å². The minimum absolute atomic E-state index is 0.130. The Bertz CT molecular complexity index is 321. The molecule has 0 spiro atoms. The highest BCUT2D eigenvalue weighted by atomic mass is 16.5. The normalized spacial score (nSPS) is 32.7. The van der Waals surface area contributed by atoms with Crippen molar-refractivity contribution in [3.05, 3.63) is 0 Å². The van der Waals surface area contributed by atoms with Crippen molar-refractivity contribution in [2.24, 2.45) is 5.92 Å². The molecule has 1 saturated heterocycles. The number of ether oxygens (including phenoxy) is 1. The molecule has 1 heterocycles. The summed E-state index contributed by atoms with van der Waals surface area (Å²) < 4.78 is 4.81. The van der Waals surface area contributed by atoms with Gasteiger partial charge in [-0.05, 0) is 38.0 Å². The molecule has 0 N–H and O–H groups in total. The molecule has 1 atom stereocenters. The zero-order valence-corrected chi connectivity index (χ0v) is 11.4. The summed E-state index contributed by atoms with van der Waals surface area (Å²) in [7, 11) is 1.40. The fraction of sp³-hybridized carbons (Fsp3) is 0.857. The molecular formula is C14H23NO3. The predicted octanol–water partition coefficient (Wildman–Crippen LogP) is 2.12. The Kier molecular flexibility index (Phi) is 4.25. The molecule has 1 unspecified atom stereocenters. The summed E-state index contributed by atoms with van der Waals surface area (Å²) in [4.78, 5) is 25.5. The first-order valence-corrected chi connectivity index (χ1v) is 7.06. The molecule has 1 amide bonds. The van der Waals surface area contributed by atoms with Crippen LogP contribution in [-0.2, 0) is 14.3 Å². The van der Waals surface area contributed by atoms with E-state index in [9.17, 15) is 9.59 Å². The molecular weight excluding hydrogens is 230 g/mol. The van der Waals surface area contributed by atoms with Crippen molar-refractivity contribution in [3.63, 3.8) is 0 Å². The van der Waals surface area contributed by atoms with Crippen molar-refractivity contribution in [2.75, 3.05) is 7.11 Å². The molecule has 0 aromatic carbocycles. The highest BCUT2D eigenvalue weighted by Gasteiger charge is 2.41. The lowest BCUT2D eigenvalue weighted by atomic mass is 9.83. The Morgan fingerprint density at radius 1 is 1.28 bits per heavy atom. The third kappa shape index (κ3) is 2.52. The number of hydrogen-bond donors (Lipinski definition) is 0. The van der Waals surface area contributed by atoms with Crippen molar-refractivity contribution in [2.45, 2.75) is 64.0 Å². The quantitative estimate of drug-likeness (QED) is 0.724. The lowest BCUT2D eigenvalue weighted by Crippen LogP contribution is -2.47. The molecule has 1 aliphatic carbocycles. The second-order valence-corrected chi connectivity index (χ2v) is 5.46. The Labute approximate surface area is 109 Å². The van der Waals surface area contributed by atoms with Gasteiger partial charge in [-0.1, -0.05) is 13.3 Å². The van der Waals surface area contributed by atoms with Gasteiger partial charge in [-0.2, -0.15) is 0 Å². The van der Waals surface area contributed by atoms with Gasteiger partial charge in [0.1, 0.15) is 6.04 Å². The summed E-state index contributed by atoms with van der Waals surface area (Å²) in [6, 6.07) is -0.0717. The van der Waals surface area contributed by atoms with Crippen LogP contribution in [-0.4, -0.2) is 36.0 Å². The molecule has 0 bridgehead atoms. The van der Waals surface area contributed by atoms with Gasteiger partial charge in [0.15, 0.2) is 0 Å². The summed E-state index contributed by atoms with van der Waals surface area (Å²) >= 11 is 0. The first-order chi connectivity index (χ1) is 8.67. The van der Waals surface area contributed by atoms with Crippen molar-refractivity contribution in [1.82, 2.24) is 4.90 Å². The smallest absolute Gasteiger partial charge is 0.328 e. The average Bonchev–Trinajstić information content (AvgIpc) is 2.80. The van der Waals surface area contributed by atoms with Crippen molar-refractivity contribution in [3.8, 4) is 0 Å². The minimum atomic E-state index is -0.328. The Morgan fingerprint density at radius 2 is 1.94 bits per heavy atom. The molecule has 4 nitrogen and oxygen atoms in total. The number of amides is 1. The fourth-order valence-electron chi connectivity index (χ4n) is 3.36. The van der Waals surface area contributed by atoms with E-state index in [0.29, 0.717) is 12.8 Å². The second-order valence-electron chi connectivity index (χ2n) is 5.46. The summed E-state index contributed by atoms with van der Waals surface area (Å²) in [6.07, 6.45) is 6.78. The SMILES string of the molecule is CCC1CCC(N2C(=O)CCC2C(=O)OC)CC1. The third-order valence-electron chi connectivity index (χ3n) is 4.52. The fourth-order valence-corrected chi connectivity index (χ4v) is 3.36. The molecule has 0 aromatic rings. The number of rotatable bonds is 3. The predicted molar refractivity (Wildman–Crippen MR) is 67.9 cm³/mol. The van der Waals surface area contributed by atoms with Gasteiger partial charge >= 0.3 is 5.97 Å². The van der Waals surface area contributed by atoms with Gasteiger partial charge in [0.25, 0.3) is 0 Å². The van der Waals surface area contributed by atoms with Gasteiger partial charge in [-0.3, -0.25) is 4.79 Å². The highest BCUT2D eigenvalue weighted by molar-refractivity contribution is 5.88. The maximum absolute atomic E-state index is 12.0. The number of carbonyl (C=O) groups excluding carboxylic acids is 2. The number of likely N-dealkylation sites (tertiary alicyclic amines) is 1. The Balaban J connectivity index is 2.01. The van der Waals surface area contributed by atoms with Crippen LogP contribution < -0.4 is 0 Å². The summed E-state index contributed by atoms with van der Waals surface area (Å²) in [5.74, 6) is 0.680. The third-order valence-corrected chi connectivity index (χ3v) is 4.52. The van der Waals surface area contributed by atoms with Gasteiger partial charge in [0.2, 0.25) is 5.91 Å². The lowest BCUT2D eigenvalue weighted by Gasteiger charge is -2.36. The second kappa shape index (κ2) is 5.72. The van der Waals surface area contributed by atoms with E-state index in [1.807, 2.05) is 4.90 Å². The van der Waals surface area contributed by atoms with Crippen molar-refractivity contribution < 1.29 is 14.3 Å². The molecule has 102 valence electrons. The van der Waals surface area contributed by atoms with E-state index in [-0.39, 0.29) is 24.0 Å². The number of carbonyl (C=O) groups is 2. The van der Waals surface area contributed by atoms with Crippen molar-refractivity contribution >= 4 is 11.9 Å². The zero-order chi connectivity index (χ0) is 13.1. The molecule has 2 rings (SSSR count). The van der Waals surface area contributed by atoms with Gasteiger partial charge in [-0.25, -0.2) is 4.79 Å². The average molecular weight is 253 g/mol. The number of esters is 1. The summed E-state index contributed by atoms with van der Waals surface area (Å²) in [6.45, 7) is 2.23. The highest BCUT2D eigenvalue weighted by Crippen LogP contribution is 2.33. The molecule has 0 aromatic heterocycles. The molecule has 1 saturated carbocycles. The van der Waals surface area contributed by atoms with E-state index in [4.69, 9.17) is 4.74 Å². The van der Waals surface area contributed by atoms with Crippen LogP contribution in [0.5, 0.6) is 0 Å². The van der Waals surface area contributed by atoms with Crippen molar-refractivity contribution in [1.29, 1.82) is 0 Å². The van der Waals surface area contributed by atoms with Gasteiger partial charge in [-0.15, -0.1) is 0 Å². The van der Waals surface area contributed by atoms with Crippen LogP contribution in [0.3, 0.4) is 0 Å². The minimum Gasteiger partial charge on any atom is -0.467 e. The molecule has 0 radical (unpaired) electrons. The van der Waals surface area contributed by atoms with Crippen LogP contribution in [0.15, 0.2) is 0 Å². The van der Waals surface area contributed by atoms with E-state index in [2.05, 4.69) is 6.92 Å². The van der Waals surface area contributed by atoms with E-state index < -0.39 is 0 Å². The first kappa shape index (κ1) is 13.4. The molecule has 1 aliphatic heterocycles. The van der Waals surface area contributed by atoms with Crippen LogP contribution in [0.25, 0.3) is 0 Å². The standard InChI is InChI=1S/C14H23NO3/c1-3-10-4-6-11(7-5-10)15-12(14(17)18-2)8-9-13(15)16/h10-12H,3-9H2,1-2H3. The summed E-state index contributed by atoms with van der Waals surface area (Å²) in [5.41, 5.74) is 0. The molecule has 2 aliphatic rings. The topological polar surface area (TPSA) is 46.6 Å². The lowest BCUT2D eigenvalue weighted by molar-refractivity contribution is -0.151. The number of methoxy groups -OCH3 is 1. The monoisotopic (exact) mass is 253 g/mol. The van der Waals surface area contributed by atoms with Crippen LogP contribution in [0.2, 0.25) is 0 Å². The number of nitrogens with zero attached hydrogens (tertiary/aromatic N) is 1. The van der Waals surface area contributed by atoms with Gasteiger partial charge in [0.05, 0.1) is 7.11 Å². The van der Waals surface area contributed by atoms with E-state index in [1.165, 1.54) is 26.4 Å². The zero-order valence-electron chi connectivity index (χ0n) is 11.4. The van der Waals surface area contributed by atoms with Crippen LogP contribution >= 0.6 is 0 Å². The Morgan fingerprint density at radius 3 is 2.50 bits per heavy atom. The van der Waals surface area contributed by atoms with Gasteiger partial charge in [0, 0.05) is 12.5 Å². The molecule has 4 heteroatoms. The summed E-state index contributed by atoms with van der Waals surface area (Å²) in [5, 5.41) is 0. The van der Waals surface area contributed by atoms with E-state index in [0.717, 1.165) is 18.8 Å².